The number of nitrogens with one attached hydrogen (secondary N) is 2. The topological polar surface area (TPSA) is 63.2 Å². The number of carbonyl (C=O) groups excluding carboxylic acids is 1. The first-order valence-electron chi connectivity index (χ1n) is 5.03. The molecule has 0 aromatic carbocycles. The second-order valence-corrected chi connectivity index (χ2v) is 4.45. The van der Waals surface area contributed by atoms with Gasteiger partial charge in [0.25, 0.3) is 5.91 Å². The number of halogens is 1. The number of hydrogen-bond donors (Lipinski definition) is 2. The molecule has 2 aliphatic heterocycles. The molecule has 0 radical (unpaired) electrons. The molecule has 0 saturated carbocycles. The molecule has 1 unspecified atom stereocenters. The Balaban J connectivity index is 2.01. The van der Waals surface area contributed by atoms with E-state index in [-0.39, 0.29) is 5.91 Å². The molecule has 0 aliphatic carbocycles. The molecule has 1 atom stereocenters. The second kappa shape index (κ2) is 3.33. The van der Waals surface area contributed by atoms with Crippen molar-refractivity contribution in [3.8, 4) is 0 Å². The number of ether oxygens (including phenoxy) is 1. The smallest absolute Gasteiger partial charge is 0.252 e. The molecule has 16 heavy (non-hydrogen) atoms. The monoisotopic (exact) mass is 239 g/mol. The fourth-order valence-corrected chi connectivity index (χ4v) is 2.16. The highest BCUT2D eigenvalue weighted by Crippen LogP contribution is 2.34. The molecule has 2 N–H and O–H groups in total. The first-order valence-corrected chi connectivity index (χ1v) is 5.40. The molecule has 1 spiro atoms. The lowest BCUT2D eigenvalue weighted by Gasteiger charge is -2.33. The van der Waals surface area contributed by atoms with E-state index in [1.54, 1.807) is 12.3 Å². The Morgan fingerprint density at radius 1 is 1.56 bits per heavy atom. The van der Waals surface area contributed by atoms with Crippen molar-refractivity contribution in [3.63, 3.8) is 0 Å². The van der Waals surface area contributed by atoms with E-state index >= 15 is 0 Å². The molecular formula is C10H10ClN3O2. The van der Waals surface area contributed by atoms with Crippen molar-refractivity contribution < 1.29 is 9.53 Å². The summed E-state index contributed by atoms with van der Waals surface area (Å²) in [6.45, 7) is 0.964. The zero-order chi connectivity index (χ0) is 11.2. The maximum Gasteiger partial charge on any atom is 0.252 e. The number of pyridine rings is 1. The standard InChI is InChI=1S/C10H10ClN3O2/c11-6-3-7-8(12-4-6)14-10(9(15)13-7)1-2-16-5-10/h3-4H,1-2,5H2,(H,12,14)(H,13,15). The van der Waals surface area contributed by atoms with Gasteiger partial charge in [-0.2, -0.15) is 0 Å². The molecule has 1 saturated heterocycles. The number of carbonyl (C=O) groups is 1. The van der Waals surface area contributed by atoms with Gasteiger partial charge in [-0.1, -0.05) is 11.6 Å². The Bertz CT molecular complexity index is 457. The van der Waals surface area contributed by atoms with Gasteiger partial charge in [0.15, 0.2) is 5.82 Å². The van der Waals surface area contributed by atoms with Gasteiger partial charge in [-0.05, 0) is 6.07 Å². The van der Waals surface area contributed by atoms with Gasteiger partial charge in [-0.15, -0.1) is 0 Å². The van der Waals surface area contributed by atoms with Crippen LogP contribution in [0, 0.1) is 0 Å². The molecule has 1 fully saturated rings. The maximum absolute atomic E-state index is 12.0. The molecule has 2 aliphatic rings. The zero-order valence-corrected chi connectivity index (χ0v) is 9.17. The largest absolute Gasteiger partial charge is 0.378 e. The SMILES string of the molecule is O=C1Nc2cc(Cl)cnc2NC12CCOC2. The van der Waals surface area contributed by atoms with Gasteiger partial charge < -0.3 is 15.4 Å². The van der Waals surface area contributed by atoms with Gasteiger partial charge >= 0.3 is 0 Å². The number of amides is 1. The van der Waals surface area contributed by atoms with E-state index in [0.717, 1.165) is 0 Å². The van der Waals surface area contributed by atoms with Crippen LogP contribution in [0.3, 0.4) is 0 Å². The number of hydrogen-bond acceptors (Lipinski definition) is 4. The highest BCUT2D eigenvalue weighted by molar-refractivity contribution is 6.31. The van der Waals surface area contributed by atoms with E-state index in [9.17, 15) is 4.79 Å². The van der Waals surface area contributed by atoms with Crippen LogP contribution in [0.25, 0.3) is 0 Å². The predicted molar refractivity (Wildman–Crippen MR) is 59.7 cm³/mol. The first-order chi connectivity index (χ1) is 7.70. The molecule has 1 aromatic rings. The summed E-state index contributed by atoms with van der Waals surface area (Å²) in [6, 6.07) is 1.68. The number of rotatable bonds is 0. The lowest BCUT2D eigenvalue weighted by Crippen LogP contribution is -2.53. The average molecular weight is 240 g/mol. The molecule has 3 heterocycles. The van der Waals surface area contributed by atoms with E-state index in [2.05, 4.69) is 15.6 Å². The van der Waals surface area contributed by atoms with E-state index in [4.69, 9.17) is 16.3 Å². The minimum atomic E-state index is -0.659. The van der Waals surface area contributed by atoms with Gasteiger partial charge in [0.2, 0.25) is 0 Å². The molecular weight excluding hydrogens is 230 g/mol. The van der Waals surface area contributed by atoms with Crippen molar-refractivity contribution in [1.29, 1.82) is 0 Å². The summed E-state index contributed by atoms with van der Waals surface area (Å²) in [5.74, 6) is 0.566. The van der Waals surface area contributed by atoms with Crippen LogP contribution in [0.5, 0.6) is 0 Å². The Hall–Kier alpha value is -1.33. The summed E-state index contributed by atoms with van der Waals surface area (Å²) >= 11 is 5.81. The molecule has 0 bridgehead atoms. The van der Waals surface area contributed by atoms with Crippen LogP contribution in [-0.4, -0.2) is 29.6 Å². The lowest BCUT2D eigenvalue weighted by atomic mass is 9.95. The number of aromatic nitrogens is 1. The fourth-order valence-electron chi connectivity index (χ4n) is 2.00. The highest BCUT2D eigenvalue weighted by Gasteiger charge is 2.45. The van der Waals surface area contributed by atoms with Gasteiger partial charge in [0, 0.05) is 19.2 Å². The average Bonchev–Trinajstić information content (AvgIpc) is 2.70. The van der Waals surface area contributed by atoms with E-state index in [1.165, 1.54) is 0 Å². The van der Waals surface area contributed by atoms with Crippen molar-refractivity contribution >= 4 is 29.0 Å². The van der Waals surface area contributed by atoms with Gasteiger partial charge in [-0.25, -0.2) is 4.98 Å². The quantitative estimate of drug-likeness (QED) is 0.716. The Morgan fingerprint density at radius 2 is 2.44 bits per heavy atom. The molecule has 5 nitrogen and oxygen atoms in total. The third-order valence-corrected chi connectivity index (χ3v) is 3.12. The van der Waals surface area contributed by atoms with Crippen molar-refractivity contribution in [2.45, 2.75) is 12.0 Å². The molecule has 1 aromatic heterocycles. The lowest BCUT2D eigenvalue weighted by molar-refractivity contribution is -0.120. The Kier molecular flexibility index (Phi) is 2.05. The molecule has 1 amide bonds. The van der Waals surface area contributed by atoms with Crippen LogP contribution < -0.4 is 10.6 Å². The summed E-state index contributed by atoms with van der Waals surface area (Å²) in [7, 11) is 0. The van der Waals surface area contributed by atoms with Crippen LogP contribution in [0.1, 0.15) is 6.42 Å². The number of anilines is 2. The predicted octanol–water partition coefficient (Wildman–Crippen LogP) is 1.26. The minimum absolute atomic E-state index is 0.0819. The third kappa shape index (κ3) is 1.36. The third-order valence-electron chi connectivity index (χ3n) is 2.92. The van der Waals surface area contributed by atoms with Crippen LogP contribution in [0.4, 0.5) is 11.5 Å². The van der Waals surface area contributed by atoms with Crippen molar-refractivity contribution in [2.24, 2.45) is 0 Å². The van der Waals surface area contributed by atoms with Gasteiger partial charge in [0.1, 0.15) is 5.54 Å². The van der Waals surface area contributed by atoms with E-state index in [0.29, 0.717) is 36.2 Å². The number of fused-ring (bicyclic) bond motifs is 1. The van der Waals surface area contributed by atoms with Gasteiger partial charge in [0.05, 0.1) is 17.3 Å². The van der Waals surface area contributed by atoms with Crippen molar-refractivity contribution in [3.05, 3.63) is 17.3 Å². The summed E-state index contributed by atoms with van der Waals surface area (Å²) in [4.78, 5) is 16.1. The normalized spacial score (nSPS) is 27.4. The second-order valence-electron chi connectivity index (χ2n) is 4.01. The fraction of sp³-hybridized carbons (Fsp3) is 0.400. The molecule has 84 valence electrons. The number of nitrogens with zero attached hydrogens (tertiary/aromatic N) is 1. The maximum atomic E-state index is 12.0. The van der Waals surface area contributed by atoms with Crippen molar-refractivity contribution in [2.75, 3.05) is 23.8 Å². The van der Waals surface area contributed by atoms with E-state index < -0.39 is 5.54 Å². The summed E-state index contributed by atoms with van der Waals surface area (Å²) in [5.41, 5.74) is -0.0385. The minimum Gasteiger partial charge on any atom is -0.378 e. The summed E-state index contributed by atoms with van der Waals surface area (Å²) in [6.07, 6.45) is 2.21. The summed E-state index contributed by atoms with van der Waals surface area (Å²) in [5, 5.41) is 6.45. The zero-order valence-electron chi connectivity index (χ0n) is 8.42. The van der Waals surface area contributed by atoms with Crippen LogP contribution >= 0.6 is 11.6 Å². The Morgan fingerprint density at radius 3 is 3.19 bits per heavy atom. The van der Waals surface area contributed by atoms with E-state index in [1.807, 2.05) is 0 Å². The van der Waals surface area contributed by atoms with Crippen molar-refractivity contribution in [1.82, 2.24) is 4.98 Å². The highest BCUT2D eigenvalue weighted by atomic mass is 35.5. The van der Waals surface area contributed by atoms with Gasteiger partial charge in [-0.3, -0.25) is 4.79 Å². The summed E-state index contributed by atoms with van der Waals surface area (Å²) < 4.78 is 5.27. The van der Waals surface area contributed by atoms with Crippen LogP contribution in [0.2, 0.25) is 5.02 Å². The van der Waals surface area contributed by atoms with Crippen LogP contribution in [-0.2, 0) is 9.53 Å². The molecule has 3 rings (SSSR count). The molecule has 6 heteroatoms. The van der Waals surface area contributed by atoms with Crippen LogP contribution in [0.15, 0.2) is 12.3 Å². The first kappa shape index (κ1) is 9.86. The Labute approximate surface area is 97.1 Å².